The third-order valence-electron chi connectivity index (χ3n) is 5.44. The van der Waals surface area contributed by atoms with Crippen LogP contribution in [0.2, 0.25) is 0 Å². The Labute approximate surface area is 197 Å². The maximum atomic E-state index is 5.88. The van der Waals surface area contributed by atoms with Crippen molar-refractivity contribution in [2.45, 2.75) is 6.61 Å². The number of methoxy groups -OCH3 is 1. The molecular formula is C28H24N4O2. The highest BCUT2D eigenvalue weighted by molar-refractivity contribution is 5.83. The van der Waals surface area contributed by atoms with E-state index in [0.717, 1.165) is 45.1 Å². The second kappa shape index (κ2) is 9.92. The summed E-state index contributed by atoms with van der Waals surface area (Å²) in [4.78, 5) is 7.23. The molecule has 5 aromatic rings. The van der Waals surface area contributed by atoms with Crippen LogP contribution in [0.15, 0.2) is 79.3 Å². The lowest BCUT2D eigenvalue weighted by molar-refractivity contribution is 0.303. The number of hydrogen-bond donors (Lipinski definition) is 2. The van der Waals surface area contributed by atoms with Gasteiger partial charge in [0.15, 0.2) is 0 Å². The number of pyridine rings is 1. The van der Waals surface area contributed by atoms with Crippen LogP contribution >= 0.6 is 0 Å². The molecule has 3 heterocycles. The fourth-order valence-corrected chi connectivity index (χ4v) is 3.62. The highest BCUT2D eigenvalue weighted by Crippen LogP contribution is 2.27. The second-order valence-electron chi connectivity index (χ2n) is 7.79. The van der Waals surface area contributed by atoms with Gasteiger partial charge in [-0.05, 0) is 83.3 Å². The Bertz CT molecular complexity index is 1450. The van der Waals surface area contributed by atoms with Crippen molar-refractivity contribution < 1.29 is 9.47 Å². The molecule has 0 aliphatic heterocycles. The third-order valence-corrected chi connectivity index (χ3v) is 5.44. The van der Waals surface area contributed by atoms with Crippen molar-refractivity contribution in [3.63, 3.8) is 0 Å². The van der Waals surface area contributed by atoms with Gasteiger partial charge in [-0.2, -0.15) is 5.10 Å². The zero-order valence-electron chi connectivity index (χ0n) is 18.7. The molecule has 0 saturated heterocycles. The number of ether oxygens (including phenoxy) is 2. The van der Waals surface area contributed by atoms with Crippen molar-refractivity contribution in [2.24, 2.45) is 0 Å². The number of H-pyrrole nitrogens is 2. The van der Waals surface area contributed by atoms with Gasteiger partial charge in [-0.25, -0.2) is 0 Å². The molecular weight excluding hydrogens is 424 g/mol. The summed E-state index contributed by atoms with van der Waals surface area (Å²) in [6.07, 6.45) is 13.5. The summed E-state index contributed by atoms with van der Waals surface area (Å²) in [5.41, 5.74) is 6.04. The van der Waals surface area contributed by atoms with Crippen LogP contribution in [0.5, 0.6) is 11.5 Å². The van der Waals surface area contributed by atoms with Crippen molar-refractivity contribution in [2.75, 3.05) is 7.11 Å². The normalized spacial score (nSPS) is 11.6. The number of fused-ring (bicyclic) bond motifs is 1. The molecule has 0 amide bonds. The number of benzene rings is 2. The van der Waals surface area contributed by atoms with Gasteiger partial charge >= 0.3 is 0 Å². The standard InChI is InChI=1S/C28H24N4O2/c1-33-28-18-26(34-19-21-10-13-29-14-11-21)8-5-22(28)4-7-25-17-24(31-32-25)6-2-20-3-9-27-23(16-20)12-15-30-27/h2-18,30H,19H2,1H3,(H,31,32)/b6-2+,7-4+. The zero-order valence-corrected chi connectivity index (χ0v) is 18.7. The van der Waals surface area contributed by atoms with E-state index >= 15 is 0 Å². The van der Waals surface area contributed by atoms with Crippen molar-refractivity contribution in [3.05, 3.63) is 107 Å². The van der Waals surface area contributed by atoms with Crippen LogP contribution in [0.25, 0.3) is 35.2 Å². The molecule has 34 heavy (non-hydrogen) atoms. The van der Waals surface area contributed by atoms with Crippen LogP contribution in [0.1, 0.15) is 28.1 Å². The van der Waals surface area contributed by atoms with Gasteiger partial charge in [0.2, 0.25) is 0 Å². The highest BCUT2D eigenvalue weighted by atomic mass is 16.5. The first-order valence-electron chi connectivity index (χ1n) is 11.0. The molecule has 0 aliphatic rings. The van der Waals surface area contributed by atoms with Gasteiger partial charge in [-0.3, -0.25) is 10.1 Å². The number of hydrogen-bond acceptors (Lipinski definition) is 4. The summed E-state index contributed by atoms with van der Waals surface area (Å²) < 4.78 is 11.4. The van der Waals surface area contributed by atoms with Gasteiger partial charge in [-0.15, -0.1) is 0 Å². The molecule has 0 spiro atoms. The Morgan fingerprint density at radius 2 is 1.79 bits per heavy atom. The summed E-state index contributed by atoms with van der Waals surface area (Å²) >= 11 is 0. The molecule has 6 nitrogen and oxygen atoms in total. The van der Waals surface area contributed by atoms with E-state index in [4.69, 9.17) is 9.47 Å². The summed E-state index contributed by atoms with van der Waals surface area (Å²) in [7, 11) is 1.66. The molecule has 2 aromatic carbocycles. The lowest BCUT2D eigenvalue weighted by Crippen LogP contribution is -1.96. The summed E-state index contributed by atoms with van der Waals surface area (Å²) in [5, 5.41) is 8.63. The molecule has 0 aliphatic carbocycles. The predicted octanol–water partition coefficient (Wildman–Crippen LogP) is 6.21. The molecule has 0 atom stereocenters. The maximum Gasteiger partial charge on any atom is 0.129 e. The first-order valence-corrected chi connectivity index (χ1v) is 11.0. The van der Waals surface area contributed by atoms with E-state index in [-0.39, 0.29) is 0 Å². The Kier molecular flexibility index (Phi) is 6.21. The minimum absolute atomic E-state index is 0.477. The minimum Gasteiger partial charge on any atom is -0.496 e. The molecule has 0 saturated carbocycles. The number of nitrogens with zero attached hydrogens (tertiary/aromatic N) is 2. The molecule has 5 rings (SSSR count). The van der Waals surface area contributed by atoms with E-state index in [9.17, 15) is 0 Å². The molecule has 6 heteroatoms. The Morgan fingerprint density at radius 3 is 2.68 bits per heavy atom. The average molecular weight is 449 g/mol. The molecule has 3 aromatic heterocycles. The fourth-order valence-electron chi connectivity index (χ4n) is 3.62. The maximum absolute atomic E-state index is 5.88. The average Bonchev–Trinajstić information content (AvgIpc) is 3.55. The predicted molar refractivity (Wildman–Crippen MR) is 136 cm³/mol. The van der Waals surface area contributed by atoms with Crippen molar-refractivity contribution in [1.82, 2.24) is 20.2 Å². The molecule has 0 radical (unpaired) electrons. The van der Waals surface area contributed by atoms with E-state index in [0.29, 0.717) is 6.61 Å². The molecule has 168 valence electrons. The van der Waals surface area contributed by atoms with E-state index < -0.39 is 0 Å². The topological polar surface area (TPSA) is 75.8 Å². The quantitative estimate of drug-likeness (QED) is 0.296. The van der Waals surface area contributed by atoms with E-state index in [1.54, 1.807) is 19.5 Å². The molecule has 2 N–H and O–H groups in total. The third kappa shape index (κ3) is 5.07. The molecule has 0 bridgehead atoms. The van der Waals surface area contributed by atoms with Crippen LogP contribution in [-0.2, 0) is 6.61 Å². The minimum atomic E-state index is 0.477. The van der Waals surface area contributed by atoms with Crippen molar-refractivity contribution >= 4 is 35.2 Å². The van der Waals surface area contributed by atoms with Crippen molar-refractivity contribution in [3.8, 4) is 11.5 Å². The number of rotatable bonds is 8. The first kappa shape index (κ1) is 21.3. The van der Waals surface area contributed by atoms with Crippen LogP contribution in [-0.4, -0.2) is 27.3 Å². The van der Waals surface area contributed by atoms with Crippen LogP contribution < -0.4 is 9.47 Å². The van der Waals surface area contributed by atoms with Crippen LogP contribution in [0.4, 0.5) is 0 Å². The Balaban J connectivity index is 1.24. The number of aromatic nitrogens is 4. The van der Waals surface area contributed by atoms with Crippen LogP contribution in [0.3, 0.4) is 0 Å². The lowest BCUT2D eigenvalue weighted by Gasteiger charge is -2.10. The number of aromatic amines is 2. The number of nitrogens with one attached hydrogen (secondary N) is 2. The molecule has 0 fully saturated rings. The SMILES string of the molecule is COc1cc(OCc2ccncc2)ccc1/C=C/c1cc(/C=C/c2ccc3[nH]ccc3c2)n[nH]1. The molecule has 0 unspecified atom stereocenters. The van der Waals surface area contributed by atoms with Gasteiger partial charge < -0.3 is 14.5 Å². The smallest absolute Gasteiger partial charge is 0.129 e. The van der Waals surface area contributed by atoms with Crippen LogP contribution in [0, 0.1) is 0 Å². The lowest BCUT2D eigenvalue weighted by atomic mass is 10.1. The van der Waals surface area contributed by atoms with Gasteiger partial charge in [0.1, 0.15) is 18.1 Å². The summed E-state index contributed by atoms with van der Waals surface area (Å²) in [5.74, 6) is 1.49. The Morgan fingerprint density at radius 1 is 0.882 bits per heavy atom. The summed E-state index contributed by atoms with van der Waals surface area (Å²) in [6.45, 7) is 0.477. The van der Waals surface area contributed by atoms with E-state index in [2.05, 4.69) is 50.5 Å². The second-order valence-corrected chi connectivity index (χ2v) is 7.79. The van der Waals surface area contributed by atoms with E-state index in [1.807, 2.05) is 60.8 Å². The summed E-state index contributed by atoms with van der Waals surface area (Å²) in [6, 6.07) is 20.0. The monoisotopic (exact) mass is 448 g/mol. The van der Waals surface area contributed by atoms with Gasteiger partial charge in [0.05, 0.1) is 18.5 Å². The highest BCUT2D eigenvalue weighted by Gasteiger charge is 2.04. The van der Waals surface area contributed by atoms with Gasteiger partial charge in [0.25, 0.3) is 0 Å². The first-order chi connectivity index (χ1) is 16.8. The van der Waals surface area contributed by atoms with Gasteiger partial charge in [0, 0.05) is 35.7 Å². The largest absolute Gasteiger partial charge is 0.496 e. The fraction of sp³-hybridized carbons (Fsp3) is 0.0714. The Hall–Kier alpha value is -4.58. The van der Waals surface area contributed by atoms with Crippen molar-refractivity contribution in [1.29, 1.82) is 0 Å². The van der Waals surface area contributed by atoms with E-state index in [1.165, 1.54) is 5.39 Å². The van der Waals surface area contributed by atoms with Gasteiger partial charge in [-0.1, -0.05) is 12.1 Å². The zero-order chi connectivity index (χ0) is 23.2.